The van der Waals surface area contributed by atoms with Gasteiger partial charge in [-0.15, -0.1) is 0 Å². The third-order valence-electron chi connectivity index (χ3n) is 4.13. The van der Waals surface area contributed by atoms with Crippen molar-refractivity contribution in [2.45, 2.75) is 38.3 Å². The van der Waals surface area contributed by atoms with Gasteiger partial charge in [0.05, 0.1) is 12.6 Å². The van der Waals surface area contributed by atoms with Gasteiger partial charge in [-0.2, -0.15) is 0 Å². The lowest BCUT2D eigenvalue weighted by Gasteiger charge is -2.36. The minimum Gasteiger partial charge on any atom is -0.497 e. The maximum atomic E-state index is 9.01. The summed E-state index contributed by atoms with van der Waals surface area (Å²) >= 11 is 0. The Labute approximate surface area is 108 Å². The summed E-state index contributed by atoms with van der Waals surface area (Å²) in [4.78, 5) is 0. The highest BCUT2D eigenvalue weighted by molar-refractivity contribution is 5.45. The molecule has 0 radical (unpaired) electrons. The molecule has 0 aromatic rings. The second-order valence-corrected chi connectivity index (χ2v) is 5.43. The summed E-state index contributed by atoms with van der Waals surface area (Å²) in [6, 6.07) is 0.738. The molecule has 2 N–H and O–H groups in total. The van der Waals surface area contributed by atoms with Gasteiger partial charge in [-0.25, -0.2) is 0 Å². The van der Waals surface area contributed by atoms with E-state index in [1.165, 1.54) is 16.9 Å². The van der Waals surface area contributed by atoms with E-state index >= 15 is 0 Å². The van der Waals surface area contributed by atoms with E-state index in [1.807, 2.05) is 0 Å². The predicted octanol–water partition coefficient (Wildman–Crippen LogP) is 1.91. The molecule has 0 aromatic carbocycles. The van der Waals surface area contributed by atoms with Crippen LogP contribution in [0.3, 0.4) is 0 Å². The van der Waals surface area contributed by atoms with E-state index in [0.29, 0.717) is 18.0 Å². The molecule has 0 amide bonds. The fourth-order valence-electron chi connectivity index (χ4n) is 3.26. The van der Waals surface area contributed by atoms with E-state index in [4.69, 9.17) is 9.84 Å². The molecule has 0 spiro atoms. The number of rotatable bonds is 3. The molecular weight excluding hydrogens is 226 g/mol. The van der Waals surface area contributed by atoms with Crippen LogP contribution in [0.4, 0.5) is 0 Å². The molecule has 3 heteroatoms. The fourth-order valence-corrected chi connectivity index (χ4v) is 3.26. The lowest BCUT2D eigenvalue weighted by molar-refractivity contribution is 0.225. The minimum absolute atomic E-state index is 0.275. The molecule has 1 saturated heterocycles. The second-order valence-electron chi connectivity index (χ2n) is 5.43. The van der Waals surface area contributed by atoms with Crippen LogP contribution in [-0.4, -0.2) is 30.4 Å². The van der Waals surface area contributed by atoms with Gasteiger partial charge in [0, 0.05) is 24.1 Å². The molecule has 3 atom stereocenters. The van der Waals surface area contributed by atoms with Crippen molar-refractivity contribution in [2.75, 3.05) is 13.2 Å². The Balaban J connectivity index is 1.89. The monoisotopic (exact) mass is 247 g/mol. The SMILES string of the molecule is CC1=CC2=C3OCCC3C(CCCO)NC2C=C1. The normalized spacial score (nSPS) is 33.9. The molecule has 3 nitrogen and oxygen atoms in total. The maximum absolute atomic E-state index is 9.01. The Hall–Kier alpha value is -1.06. The Bertz CT molecular complexity index is 422. The predicted molar refractivity (Wildman–Crippen MR) is 71.0 cm³/mol. The van der Waals surface area contributed by atoms with Crippen molar-refractivity contribution in [1.29, 1.82) is 0 Å². The number of fused-ring (bicyclic) bond motifs is 2. The van der Waals surface area contributed by atoms with Gasteiger partial charge >= 0.3 is 0 Å². The van der Waals surface area contributed by atoms with Gasteiger partial charge in [0.25, 0.3) is 0 Å². The van der Waals surface area contributed by atoms with Gasteiger partial charge in [0.15, 0.2) is 0 Å². The van der Waals surface area contributed by atoms with Crippen LogP contribution in [0.25, 0.3) is 0 Å². The van der Waals surface area contributed by atoms with Crippen molar-refractivity contribution in [3.8, 4) is 0 Å². The number of allylic oxidation sites excluding steroid dienone is 2. The lowest BCUT2D eigenvalue weighted by Crippen LogP contribution is -2.47. The lowest BCUT2D eigenvalue weighted by atomic mass is 9.82. The zero-order chi connectivity index (χ0) is 12.5. The first-order valence-corrected chi connectivity index (χ1v) is 6.90. The molecule has 0 bridgehead atoms. The van der Waals surface area contributed by atoms with Gasteiger partial charge in [-0.3, -0.25) is 0 Å². The van der Waals surface area contributed by atoms with Crippen molar-refractivity contribution >= 4 is 0 Å². The van der Waals surface area contributed by atoms with Crippen molar-refractivity contribution in [1.82, 2.24) is 5.32 Å². The summed E-state index contributed by atoms with van der Waals surface area (Å²) in [6.07, 6.45) is 9.62. The topological polar surface area (TPSA) is 41.5 Å². The Morgan fingerprint density at radius 2 is 2.39 bits per heavy atom. The van der Waals surface area contributed by atoms with E-state index in [2.05, 4.69) is 30.5 Å². The number of hydrogen-bond donors (Lipinski definition) is 2. The van der Waals surface area contributed by atoms with Crippen LogP contribution in [0.15, 0.2) is 35.1 Å². The van der Waals surface area contributed by atoms with Gasteiger partial charge in [-0.05, 0) is 26.2 Å². The molecule has 3 rings (SSSR count). The third-order valence-corrected chi connectivity index (χ3v) is 4.13. The standard InChI is InChI=1S/C15H21NO2/c1-10-4-5-14-12(9-10)15-11(6-8-18-15)13(16-14)3-2-7-17/h4-5,9,11,13-14,16-17H,2-3,6-8H2,1H3. The molecule has 98 valence electrons. The zero-order valence-electron chi connectivity index (χ0n) is 10.9. The highest BCUT2D eigenvalue weighted by Gasteiger charge is 2.39. The van der Waals surface area contributed by atoms with Crippen molar-refractivity contribution < 1.29 is 9.84 Å². The smallest absolute Gasteiger partial charge is 0.106 e. The van der Waals surface area contributed by atoms with E-state index in [9.17, 15) is 0 Å². The van der Waals surface area contributed by atoms with Gasteiger partial charge in [0.1, 0.15) is 5.76 Å². The van der Waals surface area contributed by atoms with E-state index < -0.39 is 0 Å². The number of aliphatic hydroxyl groups is 1. The van der Waals surface area contributed by atoms with Crippen LogP contribution in [-0.2, 0) is 4.74 Å². The van der Waals surface area contributed by atoms with Crippen LogP contribution in [0.2, 0.25) is 0 Å². The summed E-state index contributed by atoms with van der Waals surface area (Å²) in [5.41, 5.74) is 2.61. The molecule has 0 saturated carbocycles. The van der Waals surface area contributed by atoms with Crippen molar-refractivity contribution in [3.05, 3.63) is 35.1 Å². The molecule has 18 heavy (non-hydrogen) atoms. The molecule has 2 heterocycles. The summed E-state index contributed by atoms with van der Waals surface area (Å²) in [5, 5.41) is 12.7. The minimum atomic E-state index is 0.275. The Morgan fingerprint density at radius 3 is 3.22 bits per heavy atom. The quantitative estimate of drug-likeness (QED) is 0.800. The summed E-state index contributed by atoms with van der Waals surface area (Å²) in [5.74, 6) is 1.70. The average Bonchev–Trinajstić information content (AvgIpc) is 2.86. The van der Waals surface area contributed by atoms with Crippen LogP contribution in [0.5, 0.6) is 0 Å². The number of aliphatic hydroxyl groups excluding tert-OH is 1. The first kappa shape index (κ1) is 12.0. The van der Waals surface area contributed by atoms with E-state index in [-0.39, 0.29) is 6.61 Å². The largest absolute Gasteiger partial charge is 0.497 e. The first-order valence-electron chi connectivity index (χ1n) is 6.90. The third kappa shape index (κ3) is 2.02. The Kier molecular flexibility index (Phi) is 3.27. The highest BCUT2D eigenvalue weighted by Crippen LogP contribution is 2.38. The maximum Gasteiger partial charge on any atom is 0.106 e. The molecule has 1 aliphatic carbocycles. The van der Waals surface area contributed by atoms with Gasteiger partial charge < -0.3 is 15.2 Å². The highest BCUT2D eigenvalue weighted by atomic mass is 16.5. The zero-order valence-corrected chi connectivity index (χ0v) is 10.9. The first-order chi connectivity index (χ1) is 8.79. The van der Waals surface area contributed by atoms with Crippen molar-refractivity contribution in [2.24, 2.45) is 5.92 Å². The van der Waals surface area contributed by atoms with E-state index in [0.717, 1.165) is 25.9 Å². The van der Waals surface area contributed by atoms with Gasteiger partial charge in [0.2, 0.25) is 0 Å². The van der Waals surface area contributed by atoms with E-state index in [1.54, 1.807) is 0 Å². The molecule has 0 aromatic heterocycles. The van der Waals surface area contributed by atoms with Crippen LogP contribution in [0, 0.1) is 5.92 Å². The number of ether oxygens (including phenoxy) is 1. The average molecular weight is 247 g/mol. The fraction of sp³-hybridized carbons (Fsp3) is 0.600. The van der Waals surface area contributed by atoms with Crippen LogP contribution >= 0.6 is 0 Å². The van der Waals surface area contributed by atoms with Crippen molar-refractivity contribution in [3.63, 3.8) is 0 Å². The van der Waals surface area contributed by atoms with Crippen LogP contribution < -0.4 is 5.32 Å². The number of hydrogen-bond acceptors (Lipinski definition) is 3. The second kappa shape index (κ2) is 4.90. The molecule has 3 unspecified atom stereocenters. The molecule has 2 aliphatic heterocycles. The Morgan fingerprint density at radius 1 is 1.50 bits per heavy atom. The molecule has 1 fully saturated rings. The summed E-state index contributed by atoms with van der Waals surface area (Å²) < 4.78 is 5.88. The summed E-state index contributed by atoms with van der Waals surface area (Å²) in [6.45, 7) is 3.24. The molecular formula is C15H21NO2. The molecule has 3 aliphatic rings. The van der Waals surface area contributed by atoms with Crippen LogP contribution in [0.1, 0.15) is 26.2 Å². The number of nitrogens with one attached hydrogen (secondary N) is 1. The summed E-state index contributed by atoms with van der Waals surface area (Å²) in [7, 11) is 0. The van der Waals surface area contributed by atoms with Gasteiger partial charge in [-0.1, -0.05) is 23.8 Å².